The fraction of sp³-hybridized carbons (Fsp3) is 0.415. The molecule has 0 unspecified atom stereocenters. The van der Waals surface area contributed by atoms with Crippen LogP contribution in [0.15, 0.2) is 97.2 Å². The Morgan fingerprint density at radius 1 is 0.806 bits per heavy atom. The lowest BCUT2D eigenvalue weighted by Crippen LogP contribution is -2.52. The number of aromatic nitrogens is 2. The lowest BCUT2D eigenvalue weighted by molar-refractivity contribution is -0.148. The number of imidazole rings is 1. The molecule has 0 radical (unpaired) electrons. The molecule has 0 spiro atoms. The Hall–Kier alpha value is -5.53. The second-order valence-corrected chi connectivity index (χ2v) is 19.4. The average molecular weight is 948 g/mol. The highest BCUT2D eigenvalue weighted by Gasteiger charge is 2.41. The smallest absolute Gasteiger partial charge is 0.228 e. The predicted molar refractivity (Wildman–Crippen MR) is 260 cm³/mol. The topological polar surface area (TPSA) is 129 Å². The number of hydrogen-bond donors (Lipinski definition) is 1. The number of ketones is 1. The van der Waals surface area contributed by atoms with E-state index in [0.717, 1.165) is 59.8 Å². The summed E-state index contributed by atoms with van der Waals surface area (Å²) in [4.78, 5) is 70.7. The largest absolute Gasteiger partial charge is 0.457 e. The van der Waals surface area contributed by atoms with E-state index in [4.69, 9.17) is 32.9 Å². The van der Waals surface area contributed by atoms with Crippen molar-refractivity contribution >= 4 is 46.7 Å². The second-order valence-electron chi connectivity index (χ2n) is 18.5. The van der Waals surface area contributed by atoms with Gasteiger partial charge in [0, 0.05) is 61.7 Å². The number of likely N-dealkylation sites (N-methyl/N-ethyl adjacent to an activating group) is 2. The summed E-state index contributed by atoms with van der Waals surface area (Å²) < 4.78 is 8.64. The molecule has 12 nitrogen and oxygen atoms in total. The predicted octanol–water partition coefficient (Wildman–Crippen LogP) is 8.34. The third kappa shape index (κ3) is 10.9. The molecule has 3 amide bonds. The van der Waals surface area contributed by atoms with E-state index >= 15 is 9.59 Å². The van der Waals surface area contributed by atoms with Crippen molar-refractivity contribution in [2.45, 2.75) is 83.0 Å². The van der Waals surface area contributed by atoms with Gasteiger partial charge in [-0.2, -0.15) is 0 Å². The first-order chi connectivity index (χ1) is 32.3. The lowest BCUT2D eigenvalue weighted by atomic mass is 9.83. The van der Waals surface area contributed by atoms with Crippen LogP contribution in [-0.2, 0) is 52.2 Å². The van der Waals surface area contributed by atoms with E-state index in [-0.39, 0.29) is 43.7 Å². The van der Waals surface area contributed by atoms with Gasteiger partial charge in [0.1, 0.15) is 17.3 Å². The summed E-state index contributed by atoms with van der Waals surface area (Å²) in [6.45, 7) is 4.17. The van der Waals surface area contributed by atoms with Gasteiger partial charge in [0.2, 0.25) is 17.7 Å². The summed E-state index contributed by atoms with van der Waals surface area (Å²) in [7, 11) is 5.42. The first-order valence-corrected chi connectivity index (χ1v) is 24.1. The van der Waals surface area contributed by atoms with Gasteiger partial charge in [-0.05, 0) is 123 Å². The van der Waals surface area contributed by atoms with Gasteiger partial charge >= 0.3 is 0 Å². The number of ether oxygens (including phenoxy) is 1. The zero-order valence-electron chi connectivity index (χ0n) is 38.7. The number of Topliss-reactive ketones (excluding diaryl/α,β-unsaturated/α-hetero) is 1. The molecule has 4 aromatic carbocycles. The maximum atomic E-state index is 15.1. The van der Waals surface area contributed by atoms with E-state index in [2.05, 4.69) is 15.5 Å². The molecule has 8 rings (SSSR count). The van der Waals surface area contributed by atoms with Crippen LogP contribution in [-0.4, -0.2) is 110 Å². The summed E-state index contributed by atoms with van der Waals surface area (Å²) in [5.41, 5.74) is 5.65. The molecule has 1 aromatic heterocycles. The molecule has 0 saturated carbocycles. The fourth-order valence-corrected chi connectivity index (χ4v) is 10.4. The van der Waals surface area contributed by atoms with Crippen LogP contribution in [0.3, 0.4) is 0 Å². The number of nitrogens with zero attached hydrogens (tertiary/aromatic N) is 6. The van der Waals surface area contributed by atoms with Crippen LogP contribution < -0.4 is 4.74 Å². The van der Waals surface area contributed by atoms with Crippen LogP contribution >= 0.6 is 23.2 Å². The minimum atomic E-state index is -1.07. The van der Waals surface area contributed by atoms with Crippen molar-refractivity contribution in [1.29, 1.82) is 0 Å². The van der Waals surface area contributed by atoms with Crippen molar-refractivity contribution < 1.29 is 29.0 Å². The highest BCUT2D eigenvalue weighted by molar-refractivity contribution is 6.31. The Balaban J connectivity index is 1.10. The van der Waals surface area contributed by atoms with Crippen molar-refractivity contribution in [3.8, 4) is 22.8 Å². The van der Waals surface area contributed by atoms with E-state index in [1.807, 2.05) is 67.8 Å². The van der Waals surface area contributed by atoms with Crippen LogP contribution in [0.4, 0.5) is 0 Å². The van der Waals surface area contributed by atoms with Gasteiger partial charge < -0.3 is 29.1 Å². The van der Waals surface area contributed by atoms with E-state index in [1.165, 1.54) is 17.7 Å². The SMILES string of the molecule is C[C@H]1C(=O)C[C@@H](CO)C(=O)N(C)[C@H](Cc2ccc(Cl)cc2)CN(C)C(=O)[C@H]([C@H]2CCc3ccccc32)CC(=O)N1Cc1ccc(Cl)cc1Oc1ccc(-c2cnc(CN3CCCC3)n2C)cc1. The number of aryl methyl sites for hydroxylation is 1. The van der Waals surface area contributed by atoms with Gasteiger partial charge in [0.25, 0.3) is 0 Å². The number of carbonyl (C=O) groups is 4. The van der Waals surface area contributed by atoms with Gasteiger partial charge in [-0.1, -0.05) is 65.7 Å². The zero-order valence-corrected chi connectivity index (χ0v) is 40.3. The van der Waals surface area contributed by atoms with Gasteiger partial charge in [0.05, 0.1) is 55.5 Å². The minimum absolute atomic E-state index is 0.0516. The van der Waals surface area contributed by atoms with Crippen LogP contribution in [0.5, 0.6) is 11.5 Å². The van der Waals surface area contributed by atoms with Crippen LogP contribution in [0.2, 0.25) is 10.0 Å². The second kappa shape index (κ2) is 21.2. The molecule has 14 heteroatoms. The molecular weight excluding hydrogens is 888 g/mol. The highest BCUT2D eigenvalue weighted by Crippen LogP contribution is 2.41. The summed E-state index contributed by atoms with van der Waals surface area (Å²) in [6.07, 6.45) is 5.73. The van der Waals surface area contributed by atoms with Crippen LogP contribution in [0, 0.1) is 11.8 Å². The summed E-state index contributed by atoms with van der Waals surface area (Å²) in [5, 5.41) is 11.6. The van der Waals surface area contributed by atoms with Crippen molar-refractivity contribution in [2.24, 2.45) is 18.9 Å². The monoisotopic (exact) mass is 946 g/mol. The third-order valence-electron chi connectivity index (χ3n) is 14.2. The number of hydrogen-bond acceptors (Lipinski definition) is 8. The number of fused-ring (bicyclic) bond motifs is 1. The molecule has 352 valence electrons. The Kier molecular flexibility index (Phi) is 15.2. The molecule has 2 fully saturated rings. The number of amides is 3. The molecule has 1 N–H and O–H groups in total. The molecule has 5 atom stereocenters. The van der Waals surface area contributed by atoms with Gasteiger partial charge in [-0.25, -0.2) is 4.98 Å². The van der Waals surface area contributed by atoms with Gasteiger partial charge in [-0.15, -0.1) is 0 Å². The molecular formula is C53H60Cl2N6O6. The Morgan fingerprint density at radius 2 is 1.52 bits per heavy atom. The van der Waals surface area contributed by atoms with Crippen molar-refractivity contribution in [2.75, 3.05) is 40.3 Å². The average Bonchev–Trinajstić information content (AvgIpc) is 4.10. The number of aliphatic hydroxyl groups excluding tert-OH is 1. The minimum Gasteiger partial charge on any atom is -0.457 e. The summed E-state index contributed by atoms with van der Waals surface area (Å²) >= 11 is 12.8. The molecule has 1 aliphatic carbocycles. The number of likely N-dealkylation sites (tertiary alicyclic amines) is 1. The summed E-state index contributed by atoms with van der Waals surface area (Å²) in [5.74, 6) is -1.56. The third-order valence-corrected chi connectivity index (χ3v) is 14.7. The van der Waals surface area contributed by atoms with E-state index in [0.29, 0.717) is 39.9 Å². The van der Waals surface area contributed by atoms with Gasteiger partial charge in [-0.3, -0.25) is 24.1 Å². The normalized spacial score (nSPS) is 22.4. The van der Waals surface area contributed by atoms with Crippen molar-refractivity contribution in [3.05, 3.63) is 135 Å². The van der Waals surface area contributed by atoms with E-state index in [1.54, 1.807) is 61.2 Å². The lowest BCUT2D eigenvalue weighted by Gasteiger charge is -2.37. The molecule has 67 heavy (non-hydrogen) atoms. The number of halogens is 2. The first-order valence-electron chi connectivity index (χ1n) is 23.3. The highest BCUT2D eigenvalue weighted by atomic mass is 35.5. The quantitative estimate of drug-likeness (QED) is 0.140. The number of carbonyl (C=O) groups excluding carboxylic acids is 4. The zero-order chi connectivity index (χ0) is 47.4. The van der Waals surface area contributed by atoms with Crippen LogP contribution in [0.25, 0.3) is 11.3 Å². The number of rotatable bonds is 11. The molecule has 2 aliphatic heterocycles. The first kappa shape index (κ1) is 47.9. The van der Waals surface area contributed by atoms with Crippen LogP contribution in [0.1, 0.15) is 73.0 Å². The number of benzene rings is 4. The Morgan fingerprint density at radius 3 is 2.25 bits per heavy atom. The van der Waals surface area contributed by atoms with E-state index < -0.39 is 42.2 Å². The standard InChI is InChI=1S/C53H60Cl2N6O6/c1-34-48(63)26-39(33-62)52(65)58(3)42(25-35-11-17-40(54)18-12-35)31-57(2)53(66)46(45-22-16-36-9-5-6-10-44(36)45)28-51(64)61(34)30-38-13-19-41(55)27-49(38)67-43-20-14-37(15-21-43)47-29-56-50(59(47)4)32-60-23-7-8-24-60/h5-6,9-15,17-21,27,29,34,39,42,45-46,62H,7-8,16,22-26,28,30-33H2,1-4H3/t34-,39-,42+,45-,46-/m0/s1. The molecule has 0 bridgehead atoms. The Bertz CT molecular complexity index is 2580. The molecule has 3 heterocycles. The van der Waals surface area contributed by atoms with Crippen molar-refractivity contribution in [1.82, 2.24) is 29.2 Å². The maximum Gasteiger partial charge on any atom is 0.228 e. The summed E-state index contributed by atoms with van der Waals surface area (Å²) in [6, 6.07) is 26.7. The maximum absolute atomic E-state index is 15.1. The van der Waals surface area contributed by atoms with Crippen molar-refractivity contribution in [3.63, 3.8) is 0 Å². The Labute approximate surface area is 403 Å². The fourth-order valence-electron chi connectivity index (χ4n) is 10.1. The van der Waals surface area contributed by atoms with Gasteiger partial charge in [0.15, 0.2) is 5.78 Å². The molecule has 3 aliphatic rings. The van der Waals surface area contributed by atoms with E-state index in [9.17, 15) is 14.7 Å². The molecule has 2 saturated heterocycles. The number of aliphatic hydroxyl groups is 1. The molecule has 5 aromatic rings.